The zero-order valence-electron chi connectivity index (χ0n) is 19.7. The number of nitrogens with one attached hydrogen (secondary N) is 1. The maximum absolute atomic E-state index is 13.8. The van der Waals surface area contributed by atoms with Crippen molar-refractivity contribution in [2.45, 2.75) is 45.6 Å². The van der Waals surface area contributed by atoms with Gasteiger partial charge in [0.25, 0.3) is 11.1 Å². The van der Waals surface area contributed by atoms with Crippen molar-refractivity contribution in [2.24, 2.45) is 0 Å². The minimum atomic E-state index is -0.640. The molecule has 1 saturated heterocycles. The van der Waals surface area contributed by atoms with Crippen molar-refractivity contribution in [3.8, 4) is 0 Å². The Bertz CT molecular complexity index is 1190. The monoisotopic (exact) mass is 481 g/mol. The fraction of sp³-hybridized carbons (Fsp3) is 0.346. The molecule has 1 atom stereocenters. The Labute approximate surface area is 203 Å². The molecular formula is C26H28FN3O3S. The van der Waals surface area contributed by atoms with Crippen molar-refractivity contribution < 1.29 is 18.8 Å². The van der Waals surface area contributed by atoms with E-state index in [0.717, 1.165) is 35.2 Å². The third kappa shape index (κ3) is 4.59. The van der Waals surface area contributed by atoms with Gasteiger partial charge in [0.2, 0.25) is 5.91 Å². The van der Waals surface area contributed by atoms with Crippen molar-refractivity contribution in [1.29, 1.82) is 0 Å². The van der Waals surface area contributed by atoms with Crippen molar-refractivity contribution >= 4 is 46.3 Å². The van der Waals surface area contributed by atoms with E-state index >= 15 is 0 Å². The first-order valence-corrected chi connectivity index (χ1v) is 12.1. The summed E-state index contributed by atoms with van der Waals surface area (Å²) in [6, 6.07) is 11.8. The molecule has 0 bridgehead atoms. The van der Waals surface area contributed by atoms with Gasteiger partial charge < -0.3 is 10.2 Å². The summed E-state index contributed by atoms with van der Waals surface area (Å²) in [5.41, 5.74) is 3.32. The number of amides is 3. The molecule has 3 amide bonds. The van der Waals surface area contributed by atoms with Crippen molar-refractivity contribution in [3.63, 3.8) is 0 Å². The lowest BCUT2D eigenvalue weighted by molar-refractivity contribution is -0.127. The molecule has 2 aromatic carbocycles. The number of halogens is 1. The Kier molecular flexibility index (Phi) is 6.53. The van der Waals surface area contributed by atoms with Crippen LogP contribution in [0, 0.1) is 5.82 Å². The molecule has 0 aliphatic carbocycles. The predicted molar refractivity (Wildman–Crippen MR) is 134 cm³/mol. The average Bonchev–Trinajstić information content (AvgIpc) is 3.02. The first kappa shape index (κ1) is 24.0. The molecule has 0 aromatic heterocycles. The molecule has 1 fully saturated rings. The lowest BCUT2D eigenvalue weighted by atomic mass is 9.79. The quantitative estimate of drug-likeness (QED) is 0.562. The molecule has 0 radical (unpaired) electrons. The fourth-order valence-corrected chi connectivity index (χ4v) is 5.72. The van der Waals surface area contributed by atoms with Crippen LogP contribution in [0.4, 0.5) is 20.6 Å². The normalized spacial score (nSPS) is 20.6. The highest BCUT2D eigenvalue weighted by Crippen LogP contribution is 2.44. The van der Waals surface area contributed by atoms with E-state index in [1.807, 2.05) is 6.07 Å². The van der Waals surface area contributed by atoms with Crippen LogP contribution < -0.4 is 10.2 Å². The van der Waals surface area contributed by atoms with Gasteiger partial charge in [0.1, 0.15) is 12.4 Å². The minimum Gasteiger partial charge on any atom is -0.366 e. The van der Waals surface area contributed by atoms with Gasteiger partial charge in [0, 0.05) is 17.8 Å². The number of nitrogens with zero attached hydrogens (tertiary/aromatic N) is 2. The summed E-state index contributed by atoms with van der Waals surface area (Å²) in [5.74, 6) is -1.39. The molecule has 4 rings (SSSR count). The Morgan fingerprint density at radius 3 is 2.68 bits per heavy atom. The summed E-state index contributed by atoms with van der Waals surface area (Å²) in [5, 5.41) is 1.88. The molecule has 6 nitrogen and oxygen atoms in total. The van der Waals surface area contributed by atoms with Crippen LogP contribution in [0.2, 0.25) is 0 Å². The third-order valence-electron chi connectivity index (χ3n) is 6.35. The lowest BCUT2D eigenvalue weighted by Gasteiger charge is -2.47. The molecular weight excluding hydrogens is 453 g/mol. The molecule has 2 aliphatic heterocycles. The van der Waals surface area contributed by atoms with E-state index in [1.165, 1.54) is 29.4 Å². The highest BCUT2D eigenvalue weighted by molar-refractivity contribution is 8.18. The number of anilines is 2. The molecule has 8 heteroatoms. The minimum absolute atomic E-state index is 0.00231. The number of hydrogen-bond donors (Lipinski definition) is 1. The molecule has 2 aromatic rings. The number of carbonyl (C=O) groups is 3. The van der Waals surface area contributed by atoms with Gasteiger partial charge in [-0.25, -0.2) is 4.39 Å². The lowest BCUT2D eigenvalue weighted by Crippen LogP contribution is -2.48. The van der Waals surface area contributed by atoms with Crippen LogP contribution in [0.5, 0.6) is 0 Å². The van der Waals surface area contributed by atoms with Gasteiger partial charge in [-0.1, -0.05) is 25.1 Å². The Morgan fingerprint density at radius 1 is 1.24 bits per heavy atom. The Hall–Kier alpha value is -3.13. The van der Waals surface area contributed by atoms with Gasteiger partial charge in [0.15, 0.2) is 0 Å². The van der Waals surface area contributed by atoms with Crippen LogP contribution in [0.25, 0.3) is 6.08 Å². The maximum Gasteiger partial charge on any atom is 0.294 e. The second kappa shape index (κ2) is 9.25. The number of hydrogen-bond acceptors (Lipinski definition) is 5. The molecule has 0 spiro atoms. The van der Waals surface area contributed by atoms with Crippen LogP contribution >= 0.6 is 11.8 Å². The van der Waals surface area contributed by atoms with Gasteiger partial charge in [-0.05, 0) is 86.3 Å². The molecule has 0 saturated carbocycles. The van der Waals surface area contributed by atoms with E-state index in [-0.39, 0.29) is 16.1 Å². The van der Waals surface area contributed by atoms with E-state index in [0.29, 0.717) is 5.92 Å². The van der Waals surface area contributed by atoms with Gasteiger partial charge in [-0.2, -0.15) is 0 Å². The molecule has 178 valence electrons. The van der Waals surface area contributed by atoms with E-state index < -0.39 is 29.4 Å². The fourth-order valence-electron chi connectivity index (χ4n) is 4.88. The second-order valence-electron chi connectivity index (χ2n) is 9.28. The smallest absolute Gasteiger partial charge is 0.294 e. The van der Waals surface area contributed by atoms with E-state index in [2.05, 4.69) is 50.0 Å². The Balaban J connectivity index is 1.52. The Morgan fingerprint density at radius 2 is 1.97 bits per heavy atom. The summed E-state index contributed by atoms with van der Waals surface area (Å²) < 4.78 is 13.8. The van der Waals surface area contributed by atoms with Crippen molar-refractivity contribution in [1.82, 2.24) is 4.90 Å². The zero-order valence-corrected chi connectivity index (χ0v) is 20.5. The third-order valence-corrected chi connectivity index (χ3v) is 7.25. The molecule has 34 heavy (non-hydrogen) atoms. The molecule has 2 heterocycles. The van der Waals surface area contributed by atoms with Crippen LogP contribution in [0.15, 0.2) is 47.4 Å². The van der Waals surface area contributed by atoms with Crippen molar-refractivity contribution in [2.75, 3.05) is 23.3 Å². The largest absolute Gasteiger partial charge is 0.366 e. The van der Waals surface area contributed by atoms with Crippen molar-refractivity contribution in [3.05, 3.63) is 64.3 Å². The van der Waals surface area contributed by atoms with Gasteiger partial charge in [-0.15, -0.1) is 0 Å². The van der Waals surface area contributed by atoms with Gasteiger partial charge in [-0.3, -0.25) is 19.3 Å². The first-order valence-electron chi connectivity index (χ1n) is 11.3. The topological polar surface area (TPSA) is 69.7 Å². The van der Waals surface area contributed by atoms with Crippen LogP contribution in [0.3, 0.4) is 0 Å². The molecule has 1 N–H and O–H groups in total. The highest BCUT2D eigenvalue weighted by Gasteiger charge is 2.37. The van der Waals surface area contributed by atoms with Crippen LogP contribution in [-0.2, 0) is 9.59 Å². The van der Waals surface area contributed by atoms with Gasteiger partial charge in [0.05, 0.1) is 10.6 Å². The van der Waals surface area contributed by atoms with Crippen LogP contribution in [0.1, 0.15) is 51.2 Å². The average molecular weight is 482 g/mol. The van der Waals surface area contributed by atoms with E-state index in [1.54, 1.807) is 12.1 Å². The van der Waals surface area contributed by atoms with Crippen LogP contribution in [-0.4, -0.2) is 40.6 Å². The van der Waals surface area contributed by atoms with Gasteiger partial charge >= 0.3 is 0 Å². The maximum atomic E-state index is 13.8. The SMILES string of the molecule is CCN1c2ccc(/C=C3\SC(=O)N(CC(=O)Nc4ccccc4F)C3=O)cc2[C@H](C)CC1(C)C. The summed E-state index contributed by atoms with van der Waals surface area (Å²) in [4.78, 5) is 41.2. The number of para-hydroxylation sites is 1. The highest BCUT2D eigenvalue weighted by atomic mass is 32.2. The van der Waals surface area contributed by atoms with E-state index in [9.17, 15) is 18.8 Å². The summed E-state index contributed by atoms with van der Waals surface area (Å²) in [7, 11) is 0. The first-order chi connectivity index (χ1) is 16.1. The summed E-state index contributed by atoms with van der Waals surface area (Å²) >= 11 is 0.805. The number of benzene rings is 2. The number of imide groups is 1. The zero-order chi connectivity index (χ0) is 24.6. The number of thioether (sulfide) groups is 1. The van der Waals surface area contributed by atoms with E-state index in [4.69, 9.17) is 0 Å². The predicted octanol–water partition coefficient (Wildman–Crippen LogP) is 5.61. The summed E-state index contributed by atoms with van der Waals surface area (Å²) in [6.07, 6.45) is 2.72. The standard InChI is InChI=1S/C26H28FN3O3S/c1-5-30-21-11-10-17(12-18(21)16(2)14-26(30,3)4)13-22-24(32)29(25(33)34-22)15-23(31)28-20-9-7-6-8-19(20)27/h6-13,16H,5,14-15H2,1-4H3,(H,28,31)/b22-13-/t16-/m1/s1. The number of fused-ring (bicyclic) bond motifs is 1. The molecule has 2 aliphatic rings. The molecule has 0 unspecified atom stereocenters. The number of rotatable bonds is 5. The number of carbonyl (C=O) groups excluding carboxylic acids is 3. The summed E-state index contributed by atoms with van der Waals surface area (Å²) in [6.45, 7) is 9.29. The second-order valence-corrected chi connectivity index (χ2v) is 10.3.